The van der Waals surface area contributed by atoms with Crippen LogP contribution in [0.4, 0.5) is 8.78 Å². The summed E-state index contributed by atoms with van der Waals surface area (Å²) in [6.07, 6.45) is 10.6. The SMILES string of the molecule is CCC=COc1ccc(C2CCC(CCC)CC2)c(F)c1F. The van der Waals surface area contributed by atoms with Gasteiger partial charge in [-0.3, -0.25) is 0 Å². The molecule has 0 atom stereocenters. The van der Waals surface area contributed by atoms with Crippen LogP contribution in [0.1, 0.15) is 70.3 Å². The minimum Gasteiger partial charge on any atom is -0.462 e. The largest absolute Gasteiger partial charge is 0.462 e. The van der Waals surface area contributed by atoms with Crippen molar-refractivity contribution in [2.75, 3.05) is 0 Å². The maximum Gasteiger partial charge on any atom is 0.201 e. The molecule has 0 heterocycles. The fourth-order valence-electron chi connectivity index (χ4n) is 3.34. The third-order valence-electron chi connectivity index (χ3n) is 4.59. The Morgan fingerprint density at radius 2 is 1.82 bits per heavy atom. The number of hydrogen-bond acceptors (Lipinski definition) is 1. The lowest BCUT2D eigenvalue weighted by molar-refractivity contribution is 0.302. The molecule has 0 radical (unpaired) electrons. The van der Waals surface area contributed by atoms with E-state index in [-0.39, 0.29) is 11.7 Å². The third kappa shape index (κ3) is 4.08. The second kappa shape index (κ2) is 8.30. The monoisotopic (exact) mass is 308 g/mol. The van der Waals surface area contributed by atoms with E-state index < -0.39 is 11.6 Å². The number of hydrogen-bond donors (Lipinski definition) is 0. The van der Waals surface area contributed by atoms with Gasteiger partial charge in [-0.2, -0.15) is 4.39 Å². The Labute approximate surface area is 132 Å². The van der Waals surface area contributed by atoms with E-state index in [0.717, 1.165) is 38.0 Å². The Morgan fingerprint density at radius 1 is 1.09 bits per heavy atom. The van der Waals surface area contributed by atoms with Gasteiger partial charge in [0.05, 0.1) is 6.26 Å². The van der Waals surface area contributed by atoms with Gasteiger partial charge in [0.2, 0.25) is 5.82 Å². The van der Waals surface area contributed by atoms with Gasteiger partial charge >= 0.3 is 0 Å². The molecule has 0 aliphatic heterocycles. The van der Waals surface area contributed by atoms with E-state index in [0.29, 0.717) is 5.56 Å². The smallest absolute Gasteiger partial charge is 0.201 e. The van der Waals surface area contributed by atoms with Gasteiger partial charge in [-0.05, 0) is 61.6 Å². The van der Waals surface area contributed by atoms with Crippen LogP contribution in [0.5, 0.6) is 5.75 Å². The summed E-state index contributed by atoms with van der Waals surface area (Å²) in [7, 11) is 0. The first-order chi connectivity index (χ1) is 10.7. The van der Waals surface area contributed by atoms with Crippen LogP contribution in [-0.2, 0) is 0 Å². The van der Waals surface area contributed by atoms with Crippen LogP contribution in [0.25, 0.3) is 0 Å². The van der Waals surface area contributed by atoms with Crippen molar-refractivity contribution in [3.63, 3.8) is 0 Å². The molecule has 0 saturated heterocycles. The molecule has 1 aliphatic carbocycles. The topological polar surface area (TPSA) is 9.23 Å². The average Bonchev–Trinajstić information content (AvgIpc) is 2.53. The second-order valence-corrected chi connectivity index (χ2v) is 6.19. The molecule has 1 aromatic carbocycles. The Hall–Kier alpha value is -1.38. The van der Waals surface area contributed by atoms with E-state index in [4.69, 9.17) is 4.74 Å². The van der Waals surface area contributed by atoms with Crippen molar-refractivity contribution >= 4 is 0 Å². The van der Waals surface area contributed by atoms with Crippen molar-refractivity contribution in [1.82, 2.24) is 0 Å². The molecule has 0 aromatic heterocycles. The average molecular weight is 308 g/mol. The summed E-state index contributed by atoms with van der Waals surface area (Å²) in [4.78, 5) is 0. The van der Waals surface area contributed by atoms with Crippen LogP contribution in [0.3, 0.4) is 0 Å². The normalized spacial score (nSPS) is 22.2. The van der Waals surface area contributed by atoms with Gasteiger partial charge in [-0.25, -0.2) is 4.39 Å². The van der Waals surface area contributed by atoms with E-state index in [1.54, 1.807) is 18.2 Å². The molecule has 3 heteroatoms. The molecule has 0 N–H and O–H groups in total. The molecule has 0 bridgehead atoms. The molecule has 1 fully saturated rings. The van der Waals surface area contributed by atoms with Gasteiger partial charge in [0.25, 0.3) is 0 Å². The second-order valence-electron chi connectivity index (χ2n) is 6.19. The lowest BCUT2D eigenvalue weighted by Gasteiger charge is -2.29. The molecule has 2 rings (SSSR count). The van der Waals surface area contributed by atoms with Gasteiger partial charge in [-0.1, -0.05) is 32.8 Å². The third-order valence-corrected chi connectivity index (χ3v) is 4.59. The fraction of sp³-hybridized carbons (Fsp3) is 0.579. The van der Waals surface area contributed by atoms with Gasteiger partial charge < -0.3 is 4.74 Å². The van der Waals surface area contributed by atoms with Crippen LogP contribution in [0.2, 0.25) is 0 Å². The van der Waals surface area contributed by atoms with E-state index >= 15 is 0 Å². The number of halogens is 2. The summed E-state index contributed by atoms with van der Waals surface area (Å²) < 4.78 is 33.6. The van der Waals surface area contributed by atoms with Crippen molar-refractivity contribution in [3.8, 4) is 5.75 Å². The molecule has 22 heavy (non-hydrogen) atoms. The molecule has 1 aliphatic rings. The highest BCUT2D eigenvalue weighted by Crippen LogP contribution is 2.39. The number of benzene rings is 1. The van der Waals surface area contributed by atoms with Crippen LogP contribution >= 0.6 is 0 Å². The number of rotatable bonds is 6. The lowest BCUT2D eigenvalue weighted by Crippen LogP contribution is -2.14. The molecule has 0 amide bonds. The maximum absolute atomic E-state index is 14.3. The number of ether oxygens (including phenoxy) is 1. The highest BCUT2D eigenvalue weighted by molar-refractivity contribution is 5.33. The Morgan fingerprint density at radius 3 is 2.45 bits per heavy atom. The predicted molar refractivity (Wildman–Crippen MR) is 86.0 cm³/mol. The van der Waals surface area contributed by atoms with Crippen molar-refractivity contribution in [1.29, 1.82) is 0 Å². The minimum atomic E-state index is -0.867. The van der Waals surface area contributed by atoms with Crippen LogP contribution < -0.4 is 4.74 Å². The molecule has 122 valence electrons. The van der Waals surface area contributed by atoms with Crippen LogP contribution in [0, 0.1) is 17.6 Å². The first-order valence-electron chi connectivity index (χ1n) is 8.46. The van der Waals surface area contributed by atoms with E-state index in [2.05, 4.69) is 6.92 Å². The van der Waals surface area contributed by atoms with Crippen molar-refractivity contribution in [2.24, 2.45) is 5.92 Å². The zero-order chi connectivity index (χ0) is 15.9. The maximum atomic E-state index is 14.3. The highest BCUT2D eigenvalue weighted by atomic mass is 19.2. The summed E-state index contributed by atoms with van der Waals surface area (Å²) in [6, 6.07) is 3.24. The van der Waals surface area contributed by atoms with Crippen molar-refractivity contribution in [3.05, 3.63) is 41.7 Å². The summed E-state index contributed by atoms with van der Waals surface area (Å²) >= 11 is 0. The zero-order valence-electron chi connectivity index (χ0n) is 13.6. The van der Waals surface area contributed by atoms with Gasteiger partial charge in [0.15, 0.2) is 11.6 Å². The first kappa shape index (κ1) is 17.0. The van der Waals surface area contributed by atoms with Gasteiger partial charge in [-0.15, -0.1) is 0 Å². The highest BCUT2D eigenvalue weighted by Gasteiger charge is 2.26. The summed E-state index contributed by atoms with van der Waals surface area (Å²) in [5, 5.41) is 0. The summed E-state index contributed by atoms with van der Waals surface area (Å²) in [6.45, 7) is 4.15. The molecule has 0 spiro atoms. The van der Waals surface area contributed by atoms with Crippen LogP contribution in [0.15, 0.2) is 24.5 Å². The van der Waals surface area contributed by atoms with Crippen molar-refractivity contribution in [2.45, 2.75) is 64.7 Å². The minimum absolute atomic E-state index is 0.0365. The zero-order valence-corrected chi connectivity index (χ0v) is 13.6. The summed E-state index contributed by atoms with van der Waals surface area (Å²) in [5.41, 5.74) is 0.513. The van der Waals surface area contributed by atoms with E-state index in [1.165, 1.54) is 19.1 Å². The lowest BCUT2D eigenvalue weighted by atomic mass is 9.77. The van der Waals surface area contributed by atoms with Gasteiger partial charge in [0.1, 0.15) is 0 Å². The first-order valence-corrected chi connectivity index (χ1v) is 8.46. The quantitative estimate of drug-likeness (QED) is 0.557. The van der Waals surface area contributed by atoms with E-state index in [1.807, 2.05) is 6.92 Å². The molecule has 1 aromatic rings. The Balaban J connectivity index is 2.06. The van der Waals surface area contributed by atoms with Crippen molar-refractivity contribution < 1.29 is 13.5 Å². The summed E-state index contributed by atoms with van der Waals surface area (Å²) in [5.74, 6) is -0.736. The Bertz CT molecular complexity index is 502. The fourth-order valence-corrected chi connectivity index (χ4v) is 3.34. The van der Waals surface area contributed by atoms with Gasteiger partial charge in [0, 0.05) is 0 Å². The standard InChI is InChI=1S/C19H26F2O/c1-3-5-13-22-17-12-11-16(18(20)19(17)21)15-9-7-14(6-4-2)8-10-15/h5,11-15H,3-4,6-10H2,1-2H3. The van der Waals surface area contributed by atoms with E-state index in [9.17, 15) is 8.78 Å². The molecular weight excluding hydrogens is 282 g/mol. The number of allylic oxidation sites excluding steroid dienone is 1. The predicted octanol–water partition coefficient (Wildman–Crippen LogP) is 6.34. The molecular formula is C19H26F2O. The molecule has 0 unspecified atom stereocenters. The molecule has 1 saturated carbocycles. The molecule has 1 nitrogen and oxygen atoms in total. The Kier molecular flexibility index (Phi) is 6.41. The van der Waals surface area contributed by atoms with Crippen LogP contribution in [-0.4, -0.2) is 0 Å².